The number of anilines is 1. The molecule has 0 aliphatic carbocycles. The van der Waals surface area contributed by atoms with Crippen molar-refractivity contribution in [3.05, 3.63) is 87.3 Å². The van der Waals surface area contributed by atoms with E-state index in [-0.39, 0.29) is 22.7 Å². The number of esters is 2. The molecule has 8 heteroatoms. The van der Waals surface area contributed by atoms with Crippen molar-refractivity contribution in [3.8, 4) is 6.07 Å². The Kier molecular flexibility index (Phi) is 6.33. The molecule has 1 aliphatic rings. The molecular formula is C23H20ClN3O4. The highest BCUT2D eigenvalue weighted by Gasteiger charge is 2.43. The topological polar surface area (TPSA) is 106 Å². The molecule has 0 spiro atoms. The van der Waals surface area contributed by atoms with E-state index >= 15 is 0 Å². The van der Waals surface area contributed by atoms with Crippen LogP contribution < -0.4 is 10.6 Å². The fourth-order valence-corrected chi connectivity index (χ4v) is 3.78. The summed E-state index contributed by atoms with van der Waals surface area (Å²) in [6, 6.07) is 16.0. The third-order valence-corrected chi connectivity index (χ3v) is 5.51. The number of carbonyl (C=O) groups is 2. The molecule has 1 aliphatic heterocycles. The van der Waals surface area contributed by atoms with Crippen molar-refractivity contribution in [2.24, 2.45) is 5.73 Å². The van der Waals surface area contributed by atoms with Gasteiger partial charge in [0.05, 0.1) is 48.1 Å². The Morgan fingerprint density at radius 2 is 1.71 bits per heavy atom. The second-order valence-electron chi connectivity index (χ2n) is 6.74. The summed E-state index contributed by atoms with van der Waals surface area (Å²) in [6.45, 7) is 1.79. The van der Waals surface area contributed by atoms with Gasteiger partial charge in [0.1, 0.15) is 11.5 Å². The molecule has 0 saturated carbocycles. The van der Waals surface area contributed by atoms with Crippen molar-refractivity contribution in [1.82, 2.24) is 0 Å². The fourth-order valence-electron chi connectivity index (χ4n) is 3.57. The molecule has 1 atom stereocenters. The van der Waals surface area contributed by atoms with E-state index in [1.165, 1.54) is 19.1 Å². The predicted molar refractivity (Wildman–Crippen MR) is 116 cm³/mol. The van der Waals surface area contributed by atoms with Gasteiger partial charge in [-0.25, -0.2) is 9.59 Å². The van der Waals surface area contributed by atoms with E-state index in [4.69, 9.17) is 26.8 Å². The lowest BCUT2D eigenvalue weighted by molar-refractivity contribution is -0.139. The van der Waals surface area contributed by atoms with E-state index in [1.54, 1.807) is 55.5 Å². The summed E-state index contributed by atoms with van der Waals surface area (Å²) in [5.74, 6) is -2.56. The largest absolute Gasteiger partial charge is 0.466 e. The first-order valence-corrected chi connectivity index (χ1v) is 9.65. The normalized spacial score (nSPS) is 16.1. The summed E-state index contributed by atoms with van der Waals surface area (Å²) >= 11 is 6.52. The Morgan fingerprint density at radius 1 is 1.06 bits per heavy atom. The molecule has 158 valence electrons. The average molecular weight is 438 g/mol. The highest BCUT2D eigenvalue weighted by Crippen LogP contribution is 2.44. The van der Waals surface area contributed by atoms with Crippen LogP contribution in [0.1, 0.15) is 17.0 Å². The minimum Gasteiger partial charge on any atom is -0.466 e. The van der Waals surface area contributed by atoms with Crippen LogP contribution in [0.2, 0.25) is 5.02 Å². The average Bonchev–Trinajstić information content (AvgIpc) is 2.79. The number of methoxy groups -OCH3 is 2. The van der Waals surface area contributed by atoms with Crippen LogP contribution in [0.5, 0.6) is 0 Å². The molecule has 2 N–H and O–H groups in total. The summed E-state index contributed by atoms with van der Waals surface area (Å²) in [4.78, 5) is 27.2. The van der Waals surface area contributed by atoms with Gasteiger partial charge in [0, 0.05) is 0 Å². The molecule has 1 heterocycles. The molecule has 0 saturated heterocycles. The van der Waals surface area contributed by atoms with Crippen LogP contribution in [-0.4, -0.2) is 26.2 Å². The Bertz CT molecular complexity index is 1150. The van der Waals surface area contributed by atoms with E-state index < -0.39 is 17.9 Å². The Morgan fingerprint density at radius 3 is 2.29 bits per heavy atom. The van der Waals surface area contributed by atoms with Gasteiger partial charge in [-0.3, -0.25) is 4.90 Å². The first kappa shape index (κ1) is 21.9. The molecule has 0 aromatic heterocycles. The van der Waals surface area contributed by atoms with E-state index in [9.17, 15) is 14.9 Å². The van der Waals surface area contributed by atoms with Crippen molar-refractivity contribution in [2.75, 3.05) is 19.1 Å². The number of allylic oxidation sites excluding steroid dienone is 1. The zero-order chi connectivity index (χ0) is 22.7. The minimum atomic E-state index is -0.924. The molecule has 2 aromatic rings. The zero-order valence-corrected chi connectivity index (χ0v) is 17.9. The lowest BCUT2D eigenvalue weighted by atomic mass is 9.81. The van der Waals surface area contributed by atoms with Gasteiger partial charge >= 0.3 is 11.9 Å². The fraction of sp³-hybridized carbons (Fsp3) is 0.174. The van der Waals surface area contributed by atoms with E-state index in [2.05, 4.69) is 6.07 Å². The molecule has 0 fully saturated rings. The molecule has 0 amide bonds. The number of nitriles is 1. The number of nitrogens with two attached hydrogens (primary N) is 1. The van der Waals surface area contributed by atoms with Crippen LogP contribution in [0.4, 0.5) is 5.69 Å². The Balaban J connectivity index is 2.45. The minimum absolute atomic E-state index is 0.0306. The van der Waals surface area contributed by atoms with E-state index in [1.807, 2.05) is 0 Å². The van der Waals surface area contributed by atoms with Gasteiger partial charge in [-0.1, -0.05) is 54.1 Å². The van der Waals surface area contributed by atoms with Crippen molar-refractivity contribution in [3.63, 3.8) is 0 Å². The molecule has 7 nitrogen and oxygen atoms in total. The first-order chi connectivity index (χ1) is 14.9. The maximum Gasteiger partial charge on any atom is 0.355 e. The van der Waals surface area contributed by atoms with Gasteiger partial charge in [-0.05, 0) is 24.1 Å². The number of aryl methyl sites for hydroxylation is 1. The maximum atomic E-state index is 13.0. The van der Waals surface area contributed by atoms with Crippen LogP contribution >= 0.6 is 11.6 Å². The van der Waals surface area contributed by atoms with Crippen LogP contribution in [0.3, 0.4) is 0 Å². The smallest absolute Gasteiger partial charge is 0.355 e. The second-order valence-corrected chi connectivity index (χ2v) is 7.12. The molecule has 0 radical (unpaired) electrons. The number of carbonyl (C=O) groups excluding carboxylic acids is 2. The van der Waals surface area contributed by atoms with Crippen LogP contribution in [0, 0.1) is 18.3 Å². The highest BCUT2D eigenvalue weighted by atomic mass is 35.5. The number of hydrogen-bond donors (Lipinski definition) is 1. The molecular weight excluding hydrogens is 418 g/mol. The number of rotatable bonds is 4. The predicted octanol–water partition coefficient (Wildman–Crippen LogP) is 3.55. The Labute approximate surface area is 184 Å². The Hall–Kier alpha value is -3.76. The van der Waals surface area contributed by atoms with Crippen LogP contribution in [0.15, 0.2) is 71.2 Å². The summed E-state index contributed by atoms with van der Waals surface area (Å²) in [5.41, 5.74) is 7.94. The van der Waals surface area contributed by atoms with Gasteiger partial charge in [0.25, 0.3) is 0 Å². The molecule has 0 bridgehead atoms. The standard InChI is InChI=1S/C23H20ClN3O4/c1-13-8-7-11-16(19(13)24)27-20(23(29)31-3)18(22(28)30-2)17(15(12-25)21(27)26)14-9-5-4-6-10-14/h4-11,17H,26H2,1-3H3. The van der Waals surface area contributed by atoms with Gasteiger partial charge in [0.2, 0.25) is 0 Å². The number of benzene rings is 2. The lowest BCUT2D eigenvalue weighted by Gasteiger charge is -2.36. The van der Waals surface area contributed by atoms with Crippen molar-refractivity contribution >= 4 is 29.2 Å². The van der Waals surface area contributed by atoms with E-state index in [0.29, 0.717) is 16.3 Å². The quantitative estimate of drug-likeness (QED) is 0.729. The van der Waals surface area contributed by atoms with Crippen molar-refractivity contribution < 1.29 is 19.1 Å². The van der Waals surface area contributed by atoms with Crippen molar-refractivity contribution in [1.29, 1.82) is 5.26 Å². The first-order valence-electron chi connectivity index (χ1n) is 9.28. The number of halogens is 1. The number of ether oxygens (including phenoxy) is 2. The molecule has 31 heavy (non-hydrogen) atoms. The van der Waals surface area contributed by atoms with Gasteiger partial charge in [-0.2, -0.15) is 5.26 Å². The molecule has 2 aromatic carbocycles. The van der Waals surface area contributed by atoms with Gasteiger partial charge in [0.15, 0.2) is 0 Å². The summed E-state index contributed by atoms with van der Waals surface area (Å²) in [5, 5.41) is 10.3. The van der Waals surface area contributed by atoms with E-state index in [0.717, 1.165) is 5.56 Å². The summed E-state index contributed by atoms with van der Waals surface area (Å²) in [7, 11) is 2.39. The molecule has 3 rings (SSSR count). The summed E-state index contributed by atoms with van der Waals surface area (Å²) < 4.78 is 9.98. The van der Waals surface area contributed by atoms with Crippen LogP contribution in [-0.2, 0) is 19.1 Å². The summed E-state index contributed by atoms with van der Waals surface area (Å²) in [6.07, 6.45) is 0. The van der Waals surface area contributed by atoms with Crippen LogP contribution in [0.25, 0.3) is 0 Å². The van der Waals surface area contributed by atoms with Gasteiger partial charge < -0.3 is 15.2 Å². The lowest BCUT2D eigenvalue weighted by Crippen LogP contribution is -2.41. The second kappa shape index (κ2) is 8.94. The number of hydrogen-bond acceptors (Lipinski definition) is 7. The van der Waals surface area contributed by atoms with Gasteiger partial charge in [-0.15, -0.1) is 0 Å². The highest BCUT2D eigenvalue weighted by molar-refractivity contribution is 6.34. The monoisotopic (exact) mass is 437 g/mol. The SMILES string of the molecule is COC(=O)C1=C(C(=O)OC)N(c2cccc(C)c2Cl)C(N)=C(C#N)C1c1ccccc1. The third kappa shape index (κ3) is 3.74. The van der Waals surface area contributed by atoms with Crippen molar-refractivity contribution in [2.45, 2.75) is 12.8 Å². The maximum absolute atomic E-state index is 13.0. The third-order valence-electron chi connectivity index (χ3n) is 5.02. The molecule has 1 unspecified atom stereocenters. The number of nitrogens with zero attached hydrogens (tertiary/aromatic N) is 2. The zero-order valence-electron chi connectivity index (χ0n) is 17.2.